The number of hydrogen-bond donors (Lipinski definition) is 2. The minimum absolute atomic E-state index is 0.133. The molecule has 9 nitrogen and oxygen atoms in total. The molecule has 184 valence electrons. The SMILES string of the molecule is Cc1ccc(NC(=O)N2OCC[C@@H]2c2ccccc2)cc1Nc1ncccc1-c1ncnc2ccoc12. The van der Waals surface area contributed by atoms with Crippen molar-refractivity contribution in [3.63, 3.8) is 0 Å². The highest BCUT2D eigenvalue weighted by Crippen LogP contribution is 2.34. The van der Waals surface area contributed by atoms with Crippen LogP contribution in [0.2, 0.25) is 0 Å². The van der Waals surface area contributed by atoms with Crippen molar-refractivity contribution in [1.29, 1.82) is 0 Å². The van der Waals surface area contributed by atoms with Crippen LogP contribution in [0.1, 0.15) is 23.6 Å². The number of benzene rings is 2. The molecule has 3 aromatic heterocycles. The maximum absolute atomic E-state index is 13.1. The Morgan fingerprint density at radius 2 is 1.92 bits per heavy atom. The van der Waals surface area contributed by atoms with Crippen LogP contribution in [-0.4, -0.2) is 32.7 Å². The number of aromatic nitrogens is 3. The average molecular weight is 493 g/mol. The Hall–Kier alpha value is -4.76. The molecule has 2 aromatic carbocycles. The first-order chi connectivity index (χ1) is 18.2. The fraction of sp³-hybridized carbons (Fsp3) is 0.143. The van der Waals surface area contributed by atoms with Crippen molar-refractivity contribution < 1.29 is 14.0 Å². The van der Waals surface area contributed by atoms with Gasteiger partial charge in [-0.25, -0.2) is 19.7 Å². The molecule has 0 radical (unpaired) electrons. The van der Waals surface area contributed by atoms with Crippen LogP contribution in [0, 0.1) is 6.92 Å². The van der Waals surface area contributed by atoms with Gasteiger partial charge in [0.15, 0.2) is 5.58 Å². The van der Waals surface area contributed by atoms with Gasteiger partial charge in [0.25, 0.3) is 0 Å². The van der Waals surface area contributed by atoms with E-state index in [4.69, 9.17) is 9.25 Å². The first-order valence-electron chi connectivity index (χ1n) is 12.0. The average Bonchev–Trinajstić information content (AvgIpc) is 3.62. The smallest absolute Gasteiger partial charge is 0.346 e. The minimum atomic E-state index is -0.319. The predicted octanol–water partition coefficient (Wildman–Crippen LogP) is 6.25. The van der Waals surface area contributed by atoms with E-state index in [9.17, 15) is 4.79 Å². The second-order valence-corrected chi connectivity index (χ2v) is 8.72. The largest absolute Gasteiger partial charge is 0.460 e. The highest BCUT2D eigenvalue weighted by atomic mass is 16.7. The summed E-state index contributed by atoms with van der Waals surface area (Å²) in [4.78, 5) is 32.0. The number of anilines is 3. The maximum atomic E-state index is 13.1. The molecule has 0 aliphatic carbocycles. The zero-order valence-corrected chi connectivity index (χ0v) is 20.1. The maximum Gasteiger partial charge on any atom is 0.346 e. The summed E-state index contributed by atoms with van der Waals surface area (Å²) in [6.07, 6.45) is 5.55. The summed E-state index contributed by atoms with van der Waals surface area (Å²) in [7, 11) is 0. The van der Waals surface area contributed by atoms with E-state index in [1.54, 1.807) is 18.5 Å². The number of furan rings is 1. The van der Waals surface area contributed by atoms with E-state index < -0.39 is 0 Å². The lowest BCUT2D eigenvalue weighted by Crippen LogP contribution is -2.33. The molecule has 2 amide bonds. The van der Waals surface area contributed by atoms with Crippen LogP contribution in [0.5, 0.6) is 0 Å². The minimum Gasteiger partial charge on any atom is -0.460 e. The van der Waals surface area contributed by atoms with Gasteiger partial charge in [-0.1, -0.05) is 36.4 Å². The van der Waals surface area contributed by atoms with Crippen LogP contribution in [-0.2, 0) is 4.84 Å². The predicted molar refractivity (Wildman–Crippen MR) is 140 cm³/mol. The first kappa shape index (κ1) is 22.7. The molecule has 1 atom stereocenters. The van der Waals surface area contributed by atoms with Gasteiger partial charge in [0, 0.05) is 35.6 Å². The molecule has 9 heteroatoms. The Morgan fingerprint density at radius 3 is 2.81 bits per heavy atom. The molecular weight excluding hydrogens is 468 g/mol. The number of nitrogens with zero attached hydrogens (tertiary/aromatic N) is 4. The molecule has 0 bridgehead atoms. The Labute approximate surface area is 213 Å². The van der Waals surface area contributed by atoms with Gasteiger partial charge in [-0.15, -0.1) is 0 Å². The third kappa shape index (κ3) is 4.48. The van der Waals surface area contributed by atoms with E-state index in [2.05, 4.69) is 25.6 Å². The van der Waals surface area contributed by atoms with Crippen LogP contribution < -0.4 is 10.6 Å². The Kier molecular flexibility index (Phi) is 5.95. The van der Waals surface area contributed by atoms with Crippen LogP contribution in [0.4, 0.5) is 22.0 Å². The number of pyridine rings is 1. The quantitative estimate of drug-likeness (QED) is 0.299. The standard InChI is InChI=1S/C28H24N6O3/c1-18-9-10-20(32-28(35)34-24(12-15-37-34)19-6-3-2-4-7-19)16-23(18)33-27-21(8-5-13-29-27)25-26-22(11-14-36-26)30-17-31-25/h2-11,13-14,16-17,24H,12,15H2,1H3,(H,29,33)(H,32,35)/t24-/m1/s1. The molecule has 5 aromatic rings. The number of amides is 2. The number of aryl methyl sites for hydroxylation is 1. The Balaban J connectivity index is 1.25. The molecule has 2 N–H and O–H groups in total. The summed E-state index contributed by atoms with van der Waals surface area (Å²) < 4.78 is 5.64. The highest BCUT2D eigenvalue weighted by Gasteiger charge is 2.31. The van der Waals surface area contributed by atoms with Crippen LogP contribution in [0.3, 0.4) is 0 Å². The number of carbonyl (C=O) groups is 1. The Bertz CT molecular complexity index is 1570. The molecule has 37 heavy (non-hydrogen) atoms. The van der Waals surface area contributed by atoms with E-state index >= 15 is 0 Å². The lowest BCUT2D eigenvalue weighted by Gasteiger charge is -2.23. The summed E-state index contributed by atoms with van der Waals surface area (Å²) in [6.45, 7) is 2.48. The summed E-state index contributed by atoms with van der Waals surface area (Å²) >= 11 is 0. The zero-order chi connectivity index (χ0) is 25.2. The number of nitrogens with one attached hydrogen (secondary N) is 2. The van der Waals surface area contributed by atoms with Crippen molar-refractivity contribution in [2.75, 3.05) is 17.2 Å². The number of fused-ring (bicyclic) bond motifs is 1. The second kappa shape index (κ2) is 9.71. The van der Waals surface area contributed by atoms with E-state index in [-0.39, 0.29) is 12.1 Å². The second-order valence-electron chi connectivity index (χ2n) is 8.72. The van der Waals surface area contributed by atoms with Gasteiger partial charge in [0.05, 0.1) is 18.9 Å². The van der Waals surface area contributed by atoms with Gasteiger partial charge < -0.3 is 15.1 Å². The van der Waals surface area contributed by atoms with E-state index in [1.165, 1.54) is 11.4 Å². The van der Waals surface area contributed by atoms with Crippen LogP contribution in [0.25, 0.3) is 22.4 Å². The third-order valence-corrected chi connectivity index (χ3v) is 6.34. The van der Waals surface area contributed by atoms with Crippen molar-refractivity contribution >= 4 is 34.3 Å². The Morgan fingerprint density at radius 1 is 1.03 bits per heavy atom. The van der Waals surface area contributed by atoms with Crippen LogP contribution in [0.15, 0.2) is 89.9 Å². The van der Waals surface area contributed by atoms with Crippen molar-refractivity contribution in [3.8, 4) is 11.3 Å². The molecule has 0 saturated carbocycles. The molecule has 1 saturated heterocycles. The van der Waals surface area contributed by atoms with Crippen molar-refractivity contribution in [2.24, 2.45) is 0 Å². The summed E-state index contributed by atoms with van der Waals surface area (Å²) in [5.74, 6) is 0.609. The third-order valence-electron chi connectivity index (χ3n) is 6.34. The molecule has 0 unspecified atom stereocenters. The molecule has 1 fully saturated rings. The summed E-state index contributed by atoms with van der Waals surface area (Å²) in [6, 6.07) is 20.7. The van der Waals surface area contributed by atoms with Gasteiger partial charge in [0.1, 0.15) is 23.4 Å². The van der Waals surface area contributed by atoms with Gasteiger partial charge in [-0.05, 0) is 42.3 Å². The van der Waals surface area contributed by atoms with Crippen molar-refractivity contribution in [1.82, 2.24) is 20.0 Å². The summed E-state index contributed by atoms with van der Waals surface area (Å²) in [5, 5.41) is 7.79. The van der Waals surface area contributed by atoms with Crippen molar-refractivity contribution in [3.05, 3.63) is 96.6 Å². The molecule has 1 aliphatic heterocycles. The molecular formula is C28H24N6O3. The number of carbonyl (C=O) groups excluding carboxylic acids is 1. The topological polar surface area (TPSA) is 105 Å². The normalized spacial score (nSPS) is 15.2. The van der Waals surface area contributed by atoms with Crippen molar-refractivity contribution in [2.45, 2.75) is 19.4 Å². The van der Waals surface area contributed by atoms with Gasteiger partial charge in [0.2, 0.25) is 0 Å². The van der Waals surface area contributed by atoms with E-state index in [1.807, 2.05) is 67.6 Å². The first-order valence-corrected chi connectivity index (χ1v) is 12.0. The fourth-order valence-electron chi connectivity index (χ4n) is 4.46. The molecule has 1 aliphatic rings. The fourth-order valence-corrected chi connectivity index (χ4v) is 4.46. The number of rotatable bonds is 5. The number of hydrogen-bond acceptors (Lipinski definition) is 7. The lowest BCUT2D eigenvalue weighted by atomic mass is 10.1. The van der Waals surface area contributed by atoms with Gasteiger partial charge >= 0.3 is 6.03 Å². The monoisotopic (exact) mass is 492 g/mol. The van der Waals surface area contributed by atoms with Crippen LogP contribution >= 0.6 is 0 Å². The number of urea groups is 1. The molecule has 6 rings (SSSR count). The zero-order valence-electron chi connectivity index (χ0n) is 20.1. The van der Waals surface area contributed by atoms with E-state index in [0.717, 1.165) is 34.3 Å². The number of hydroxylamine groups is 2. The van der Waals surface area contributed by atoms with Gasteiger partial charge in [-0.2, -0.15) is 5.06 Å². The molecule has 0 spiro atoms. The van der Waals surface area contributed by atoms with E-state index in [0.29, 0.717) is 29.4 Å². The van der Waals surface area contributed by atoms with Gasteiger partial charge in [-0.3, -0.25) is 4.84 Å². The highest BCUT2D eigenvalue weighted by molar-refractivity contribution is 5.93. The lowest BCUT2D eigenvalue weighted by molar-refractivity contribution is -0.0829. The summed E-state index contributed by atoms with van der Waals surface area (Å²) in [5.41, 5.74) is 6.19. The molecule has 4 heterocycles.